The Balaban J connectivity index is 1.68. The van der Waals surface area contributed by atoms with E-state index >= 15 is 0 Å². The normalized spacial score (nSPS) is 38.7. The van der Waals surface area contributed by atoms with Crippen molar-refractivity contribution in [2.75, 3.05) is 39.6 Å². The highest BCUT2D eigenvalue weighted by Gasteiger charge is 2.49. The highest BCUT2D eigenvalue weighted by molar-refractivity contribution is 5.36. The first-order valence-electron chi connectivity index (χ1n) is 17.3. The summed E-state index contributed by atoms with van der Waals surface area (Å²) < 4.78 is 0. The van der Waals surface area contributed by atoms with E-state index < -0.39 is 16.6 Å². The molecule has 4 aliphatic rings. The van der Waals surface area contributed by atoms with Crippen molar-refractivity contribution in [1.29, 1.82) is 0 Å². The van der Waals surface area contributed by atoms with E-state index in [-0.39, 0.29) is 16.2 Å². The summed E-state index contributed by atoms with van der Waals surface area (Å²) >= 11 is 0. The van der Waals surface area contributed by atoms with Crippen LogP contribution in [0.25, 0.3) is 0 Å². The predicted octanol–water partition coefficient (Wildman–Crippen LogP) is 6.54. The van der Waals surface area contributed by atoms with Gasteiger partial charge in [-0.3, -0.25) is 14.7 Å². The van der Waals surface area contributed by atoms with Crippen molar-refractivity contribution in [2.24, 2.45) is 49.0 Å². The molecule has 1 saturated heterocycles. The molecule has 3 saturated carbocycles. The summed E-state index contributed by atoms with van der Waals surface area (Å²) in [6, 6.07) is 0. The molecule has 0 aromatic carbocycles. The smallest absolute Gasteiger partial charge is 0.235 e. The summed E-state index contributed by atoms with van der Waals surface area (Å²) in [6.45, 7) is 24.6. The Morgan fingerprint density at radius 2 is 0.733 bits per heavy atom. The Kier molecular flexibility index (Phi) is 10.6. The van der Waals surface area contributed by atoms with Gasteiger partial charge in [-0.1, -0.05) is 62.3 Å². The third-order valence-corrected chi connectivity index (χ3v) is 10.9. The lowest BCUT2D eigenvalue weighted by Crippen LogP contribution is -2.63. The Hall–Kier alpha value is -1.98. The molecule has 9 heteroatoms. The van der Waals surface area contributed by atoms with E-state index in [0.29, 0.717) is 57.4 Å². The fraction of sp³-hybridized carbons (Fsp3) is 0.917. The Labute approximate surface area is 272 Å². The van der Waals surface area contributed by atoms with E-state index in [4.69, 9.17) is 0 Å². The van der Waals surface area contributed by atoms with Crippen LogP contribution in [0.15, 0.2) is 15.0 Å². The van der Waals surface area contributed by atoms with E-state index in [1.165, 1.54) is 0 Å². The Morgan fingerprint density at radius 3 is 0.933 bits per heavy atom. The monoisotopic (exact) mass is 624 g/mol. The molecule has 0 aromatic rings. The van der Waals surface area contributed by atoms with Gasteiger partial charge in [0.15, 0.2) is 0 Å². The van der Waals surface area contributed by atoms with Gasteiger partial charge >= 0.3 is 0 Å². The maximum Gasteiger partial charge on any atom is 0.235 e. The van der Waals surface area contributed by atoms with Crippen molar-refractivity contribution in [3.8, 4) is 0 Å². The fourth-order valence-corrected chi connectivity index (χ4v) is 11.6. The lowest BCUT2D eigenvalue weighted by Gasteiger charge is -2.53. The van der Waals surface area contributed by atoms with Gasteiger partial charge in [0.25, 0.3) is 0 Å². The van der Waals surface area contributed by atoms with Crippen LogP contribution in [-0.2, 0) is 14.4 Å². The van der Waals surface area contributed by atoms with Crippen LogP contribution in [0.3, 0.4) is 0 Å². The molecule has 9 nitrogen and oxygen atoms in total. The minimum absolute atomic E-state index is 0.0757. The summed E-state index contributed by atoms with van der Waals surface area (Å²) in [4.78, 5) is 56.6. The van der Waals surface area contributed by atoms with Crippen molar-refractivity contribution in [1.82, 2.24) is 14.7 Å². The number of hydrogen-bond acceptors (Lipinski definition) is 9. The summed E-state index contributed by atoms with van der Waals surface area (Å²) in [5.74, 6) is 1.36. The first kappa shape index (κ1) is 35.9. The third-order valence-electron chi connectivity index (χ3n) is 10.9. The average Bonchev–Trinajstić information content (AvgIpc) is 2.79. The standard InChI is InChI=1S/C36H60N6O3/c1-28-10-31(4,5)16-34(13-28,37-22-43)19-40-25-41(20-35(38-23-44)14-29(2)11-32(6,7)17-35)27-42(26-40)21-36(39-24-45)15-30(3)12-33(8,9)18-36/h28-30H,10-21,25-27H2,1-9H3. The molecule has 0 spiro atoms. The summed E-state index contributed by atoms with van der Waals surface area (Å²) in [6.07, 6.45) is 14.3. The van der Waals surface area contributed by atoms with Gasteiger partial charge in [-0.2, -0.15) is 15.0 Å². The lowest BCUT2D eigenvalue weighted by molar-refractivity contribution is -0.0738. The van der Waals surface area contributed by atoms with Crippen LogP contribution >= 0.6 is 0 Å². The zero-order valence-electron chi connectivity index (χ0n) is 29.7. The van der Waals surface area contributed by atoms with Crippen molar-refractivity contribution < 1.29 is 14.4 Å². The highest BCUT2D eigenvalue weighted by Crippen LogP contribution is 2.49. The van der Waals surface area contributed by atoms with Crippen LogP contribution in [0.2, 0.25) is 0 Å². The van der Waals surface area contributed by atoms with E-state index in [9.17, 15) is 14.4 Å². The molecule has 1 heterocycles. The van der Waals surface area contributed by atoms with Gasteiger partial charge in [-0.05, 0) is 91.8 Å². The van der Waals surface area contributed by atoms with E-state index in [2.05, 4.69) is 92.0 Å². The molecular formula is C36H60N6O3. The molecule has 45 heavy (non-hydrogen) atoms. The van der Waals surface area contributed by atoms with Crippen molar-refractivity contribution in [3.63, 3.8) is 0 Å². The molecule has 3 aliphatic carbocycles. The van der Waals surface area contributed by atoms with Crippen LogP contribution in [-0.4, -0.2) is 89.2 Å². The average molecular weight is 625 g/mol. The van der Waals surface area contributed by atoms with Gasteiger partial charge in [-0.25, -0.2) is 14.4 Å². The zero-order chi connectivity index (χ0) is 33.3. The van der Waals surface area contributed by atoms with Crippen molar-refractivity contribution in [3.05, 3.63) is 0 Å². The molecule has 0 bridgehead atoms. The molecule has 6 atom stereocenters. The van der Waals surface area contributed by atoms with Crippen LogP contribution in [0.1, 0.15) is 120 Å². The highest BCUT2D eigenvalue weighted by atomic mass is 16.1. The molecule has 4 fully saturated rings. The number of carbonyl (C=O) groups excluding carboxylic acids is 3. The second-order valence-electron chi connectivity index (χ2n) is 18.8. The fourth-order valence-electron chi connectivity index (χ4n) is 11.6. The van der Waals surface area contributed by atoms with E-state index in [1.807, 2.05) is 18.2 Å². The van der Waals surface area contributed by atoms with Crippen LogP contribution in [0.5, 0.6) is 0 Å². The van der Waals surface area contributed by atoms with Gasteiger partial charge < -0.3 is 0 Å². The number of isocyanates is 3. The quantitative estimate of drug-likeness (QED) is 0.213. The molecule has 0 aromatic heterocycles. The molecule has 252 valence electrons. The largest absolute Gasteiger partial charge is 0.275 e. The third kappa shape index (κ3) is 9.31. The maximum absolute atomic E-state index is 11.9. The first-order valence-corrected chi connectivity index (χ1v) is 17.3. The number of hydrogen-bond donors (Lipinski definition) is 0. The zero-order valence-corrected chi connectivity index (χ0v) is 29.7. The van der Waals surface area contributed by atoms with Crippen molar-refractivity contribution in [2.45, 2.75) is 137 Å². The molecule has 4 rings (SSSR count). The van der Waals surface area contributed by atoms with Crippen LogP contribution < -0.4 is 0 Å². The van der Waals surface area contributed by atoms with Crippen LogP contribution in [0, 0.1) is 34.0 Å². The topological polar surface area (TPSA) is 98.0 Å². The summed E-state index contributed by atoms with van der Waals surface area (Å²) in [7, 11) is 0. The maximum atomic E-state index is 11.9. The molecule has 0 radical (unpaired) electrons. The Bertz CT molecular complexity index is 1060. The minimum atomic E-state index is -0.502. The SMILES string of the molecule is CC1CC(C)(C)CC(CN2CN(CC3(N=C=O)CC(C)CC(C)(C)C3)CN(CC3(N=C=O)CC(C)CC(C)(C)C3)C2)(N=C=O)C1. The van der Waals surface area contributed by atoms with Gasteiger partial charge in [0.1, 0.15) is 0 Å². The molecule has 0 N–H and O–H groups in total. The second-order valence-corrected chi connectivity index (χ2v) is 18.8. The Morgan fingerprint density at radius 1 is 0.489 bits per heavy atom. The van der Waals surface area contributed by atoms with E-state index in [0.717, 1.165) is 57.8 Å². The second kappa shape index (κ2) is 13.3. The first-order chi connectivity index (χ1) is 20.8. The van der Waals surface area contributed by atoms with Crippen molar-refractivity contribution >= 4 is 18.2 Å². The van der Waals surface area contributed by atoms with Gasteiger partial charge in [-0.15, -0.1) is 0 Å². The summed E-state index contributed by atoms with van der Waals surface area (Å²) in [5.41, 5.74) is -1.28. The van der Waals surface area contributed by atoms with Gasteiger partial charge in [0, 0.05) is 19.6 Å². The molecule has 6 unspecified atom stereocenters. The number of aliphatic imine (C=N–C) groups is 3. The lowest BCUT2D eigenvalue weighted by atomic mass is 9.64. The van der Waals surface area contributed by atoms with Gasteiger partial charge in [0.2, 0.25) is 18.2 Å². The van der Waals surface area contributed by atoms with Gasteiger partial charge in [0.05, 0.1) is 36.6 Å². The van der Waals surface area contributed by atoms with Crippen LogP contribution in [0.4, 0.5) is 0 Å². The van der Waals surface area contributed by atoms with E-state index in [1.54, 1.807) is 0 Å². The minimum Gasteiger partial charge on any atom is -0.275 e. The predicted molar refractivity (Wildman–Crippen MR) is 178 cm³/mol. The molecule has 0 amide bonds. The number of rotatable bonds is 9. The molecule has 1 aliphatic heterocycles. The molecular weight excluding hydrogens is 564 g/mol. The summed E-state index contributed by atoms with van der Waals surface area (Å²) in [5, 5.41) is 0. The number of nitrogens with zero attached hydrogens (tertiary/aromatic N) is 6.